The monoisotopic (exact) mass is 260 g/mol. The Morgan fingerprint density at radius 1 is 1.62 bits per heavy atom. The number of hydrogen-bond acceptors (Lipinski definition) is 3. The Morgan fingerprint density at radius 2 is 2.31 bits per heavy atom. The normalized spacial score (nSPS) is 11.8. The highest BCUT2D eigenvalue weighted by atomic mass is 79.9. The summed E-state index contributed by atoms with van der Waals surface area (Å²) in [4.78, 5) is 1.21. The third-order valence-electron chi connectivity index (χ3n) is 1.71. The molecule has 0 atom stereocenters. The standard InChI is InChI=1S/C9H13BrN2S/c1-4-12(3)11-7(2)8-5-6-9(10)13-8/h5-6H,4H2,1-3H3/b11-7-. The van der Waals surface area contributed by atoms with Crippen molar-refractivity contribution in [2.24, 2.45) is 5.10 Å². The number of rotatable bonds is 3. The molecule has 0 amide bonds. The second-order valence-corrected chi connectivity index (χ2v) is 5.23. The number of nitrogens with zero attached hydrogens (tertiary/aromatic N) is 2. The van der Waals surface area contributed by atoms with Crippen LogP contribution in [0.2, 0.25) is 0 Å². The SMILES string of the molecule is CCN(C)/N=C(/C)c1ccc(Br)s1. The third kappa shape index (κ3) is 3.12. The van der Waals surface area contributed by atoms with Crippen LogP contribution in [0, 0.1) is 0 Å². The van der Waals surface area contributed by atoms with Crippen molar-refractivity contribution >= 4 is 33.0 Å². The molecule has 0 bridgehead atoms. The van der Waals surface area contributed by atoms with Crippen molar-refractivity contribution < 1.29 is 0 Å². The van der Waals surface area contributed by atoms with Crippen molar-refractivity contribution in [3.63, 3.8) is 0 Å². The fraction of sp³-hybridized carbons (Fsp3) is 0.444. The lowest BCUT2D eigenvalue weighted by Crippen LogP contribution is -2.12. The number of halogens is 1. The van der Waals surface area contributed by atoms with Gasteiger partial charge in [0.05, 0.1) is 14.4 Å². The minimum Gasteiger partial charge on any atom is -0.300 e. The first-order valence-corrected chi connectivity index (χ1v) is 5.76. The Labute approximate surface area is 91.4 Å². The Bertz CT molecular complexity index is 306. The van der Waals surface area contributed by atoms with Gasteiger partial charge in [-0.05, 0) is 41.9 Å². The fourth-order valence-electron chi connectivity index (χ4n) is 0.885. The Balaban J connectivity index is 2.78. The Morgan fingerprint density at radius 3 is 2.77 bits per heavy atom. The maximum absolute atomic E-state index is 4.42. The summed E-state index contributed by atoms with van der Waals surface area (Å²) in [6.07, 6.45) is 0. The molecular formula is C9H13BrN2S. The molecule has 4 heteroatoms. The van der Waals surface area contributed by atoms with Gasteiger partial charge in [-0.3, -0.25) is 0 Å². The van der Waals surface area contributed by atoms with Crippen LogP contribution in [0.1, 0.15) is 18.7 Å². The summed E-state index contributed by atoms with van der Waals surface area (Å²) >= 11 is 5.14. The minimum absolute atomic E-state index is 0.934. The van der Waals surface area contributed by atoms with Crippen LogP contribution >= 0.6 is 27.3 Å². The second-order valence-electron chi connectivity index (χ2n) is 2.76. The van der Waals surface area contributed by atoms with Gasteiger partial charge in [0.2, 0.25) is 0 Å². The molecule has 0 unspecified atom stereocenters. The number of hydrogen-bond donors (Lipinski definition) is 0. The molecule has 0 saturated carbocycles. The highest BCUT2D eigenvalue weighted by molar-refractivity contribution is 9.11. The van der Waals surface area contributed by atoms with Crippen molar-refractivity contribution in [3.8, 4) is 0 Å². The number of thiophene rings is 1. The van der Waals surface area contributed by atoms with Crippen molar-refractivity contribution in [3.05, 3.63) is 20.8 Å². The Hall–Kier alpha value is -0.350. The first-order valence-electron chi connectivity index (χ1n) is 4.15. The quantitative estimate of drug-likeness (QED) is 0.602. The van der Waals surface area contributed by atoms with Gasteiger partial charge in [-0.2, -0.15) is 5.10 Å². The van der Waals surface area contributed by atoms with Gasteiger partial charge >= 0.3 is 0 Å². The molecule has 0 fully saturated rings. The first-order chi connectivity index (χ1) is 6.13. The van der Waals surface area contributed by atoms with Crippen molar-refractivity contribution in [2.75, 3.05) is 13.6 Å². The fourth-order valence-corrected chi connectivity index (χ4v) is 2.21. The van der Waals surface area contributed by atoms with E-state index >= 15 is 0 Å². The van der Waals surface area contributed by atoms with Gasteiger partial charge in [-0.25, -0.2) is 0 Å². The van der Waals surface area contributed by atoms with E-state index in [1.807, 2.05) is 25.0 Å². The average molecular weight is 261 g/mol. The van der Waals surface area contributed by atoms with Crippen LogP contribution in [0.25, 0.3) is 0 Å². The summed E-state index contributed by atoms with van der Waals surface area (Å²) in [6, 6.07) is 4.13. The molecule has 72 valence electrons. The van der Waals surface area contributed by atoms with Crippen molar-refractivity contribution in [1.82, 2.24) is 5.01 Å². The molecule has 0 aromatic carbocycles. The summed E-state index contributed by atoms with van der Waals surface area (Å²) in [7, 11) is 1.98. The van der Waals surface area contributed by atoms with Crippen LogP contribution in [0.4, 0.5) is 0 Å². The van der Waals surface area contributed by atoms with E-state index in [2.05, 4.69) is 34.0 Å². The maximum Gasteiger partial charge on any atom is 0.0746 e. The highest BCUT2D eigenvalue weighted by Crippen LogP contribution is 2.22. The molecule has 0 aliphatic carbocycles. The smallest absolute Gasteiger partial charge is 0.0746 e. The summed E-state index contributed by atoms with van der Waals surface area (Å²) < 4.78 is 1.15. The Kier molecular flexibility index (Phi) is 3.93. The summed E-state index contributed by atoms with van der Waals surface area (Å²) in [5.41, 5.74) is 1.07. The number of hydrazone groups is 1. The van der Waals surface area contributed by atoms with Gasteiger partial charge < -0.3 is 5.01 Å². The molecule has 0 saturated heterocycles. The van der Waals surface area contributed by atoms with Gasteiger partial charge in [-0.15, -0.1) is 11.3 Å². The van der Waals surface area contributed by atoms with E-state index in [1.165, 1.54) is 4.88 Å². The zero-order valence-electron chi connectivity index (χ0n) is 8.04. The second kappa shape index (κ2) is 4.77. The van der Waals surface area contributed by atoms with Gasteiger partial charge in [0, 0.05) is 13.6 Å². The lowest BCUT2D eigenvalue weighted by Gasteiger charge is -2.09. The van der Waals surface area contributed by atoms with Crippen LogP contribution in [0.3, 0.4) is 0 Å². The van der Waals surface area contributed by atoms with Crippen molar-refractivity contribution in [2.45, 2.75) is 13.8 Å². The zero-order chi connectivity index (χ0) is 9.84. The molecule has 0 N–H and O–H groups in total. The van der Waals surface area contributed by atoms with Crippen LogP contribution < -0.4 is 0 Å². The summed E-state index contributed by atoms with van der Waals surface area (Å²) in [6.45, 7) is 5.05. The molecular weight excluding hydrogens is 248 g/mol. The molecule has 0 spiro atoms. The minimum atomic E-state index is 0.934. The lowest BCUT2D eigenvalue weighted by molar-refractivity contribution is 0.375. The molecule has 0 aliphatic heterocycles. The van der Waals surface area contributed by atoms with E-state index in [1.54, 1.807) is 11.3 Å². The maximum atomic E-state index is 4.42. The highest BCUT2D eigenvalue weighted by Gasteiger charge is 2.01. The molecule has 1 aromatic rings. The predicted molar refractivity (Wildman–Crippen MR) is 62.5 cm³/mol. The largest absolute Gasteiger partial charge is 0.300 e. The van der Waals surface area contributed by atoms with E-state index in [4.69, 9.17) is 0 Å². The van der Waals surface area contributed by atoms with Gasteiger partial charge in [0.25, 0.3) is 0 Å². The topological polar surface area (TPSA) is 15.6 Å². The van der Waals surface area contributed by atoms with Crippen LogP contribution in [-0.2, 0) is 0 Å². The average Bonchev–Trinajstić information content (AvgIpc) is 2.51. The summed E-state index contributed by atoms with van der Waals surface area (Å²) in [5.74, 6) is 0. The van der Waals surface area contributed by atoms with Crippen LogP contribution in [0.15, 0.2) is 21.0 Å². The molecule has 1 heterocycles. The molecule has 13 heavy (non-hydrogen) atoms. The summed E-state index contributed by atoms with van der Waals surface area (Å²) in [5, 5.41) is 6.35. The van der Waals surface area contributed by atoms with E-state index in [0.717, 1.165) is 16.0 Å². The molecule has 0 radical (unpaired) electrons. The molecule has 1 aromatic heterocycles. The molecule has 2 nitrogen and oxygen atoms in total. The predicted octanol–water partition coefficient (Wildman–Crippen LogP) is 3.19. The van der Waals surface area contributed by atoms with Crippen LogP contribution in [-0.4, -0.2) is 24.3 Å². The van der Waals surface area contributed by atoms with Crippen LogP contribution in [0.5, 0.6) is 0 Å². The van der Waals surface area contributed by atoms with E-state index in [0.29, 0.717) is 0 Å². The third-order valence-corrected chi connectivity index (χ3v) is 3.44. The van der Waals surface area contributed by atoms with Gasteiger partial charge in [0.15, 0.2) is 0 Å². The zero-order valence-corrected chi connectivity index (χ0v) is 10.4. The van der Waals surface area contributed by atoms with E-state index in [9.17, 15) is 0 Å². The molecule has 0 aliphatic rings. The van der Waals surface area contributed by atoms with Crippen molar-refractivity contribution in [1.29, 1.82) is 0 Å². The van der Waals surface area contributed by atoms with E-state index < -0.39 is 0 Å². The first kappa shape index (κ1) is 10.7. The van der Waals surface area contributed by atoms with Gasteiger partial charge in [0.1, 0.15) is 0 Å². The lowest BCUT2D eigenvalue weighted by atomic mass is 10.3. The molecule has 1 rings (SSSR count). The van der Waals surface area contributed by atoms with E-state index in [-0.39, 0.29) is 0 Å². The van der Waals surface area contributed by atoms with Gasteiger partial charge in [-0.1, -0.05) is 0 Å².